The van der Waals surface area contributed by atoms with Crippen molar-refractivity contribution in [3.63, 3.8) is 0 Å². The van der Waals surface area contributed by atoms with Gasteiger partial charge in [0.15, 0.2) is 5.76 Å². The summed E-state index contributed by atoms with van der Waals surface area (Å²) in [7, 11) is 0. The van der Waals surface area contributed by atoms with Crippen LogP contribution in [0, 0.1) is 5.41 Å². The minimum Gasteiger partial charge on any atom is -0.354 e. The third-order valence-corrected chi connectivity index (χ3v) is 3.05. The number of allylic oxidation sites excluding steroid dienone is 1. The third kappa shape index (κ3) is 3.00. The maximum Gasteiger partial charge on any atom is 0.252 e. The Kier molecular flexibility index (Phi) is 3.58. The Bertz CT molecular complexity index is 335. The van der Waals surface area contributed by atoms with Crippen molar-refractivity contribution in [2.24, 2.45) is 5.41 Å². The molecule has 1 rings (SSSR count). The van der Waals surface area contributed by atoms with Crippen molar-refractivity contribution in [1.82, 2.24) is 4.90 Å². The molecule has 1 amide bonds. The predicted octanol–water partition coefficient (Wildman–Crippen LogP) is 2.33. The second kappa shape index (κ2) is 4.33. The van der Waals surface area contributed by atoms with E-state index >= 15 is 0 Å². The van der Waals surface area contributed by atoms with Crippen molar-refractivity contribution in [1.29, 1.82) is 0 Å². The number of nitrogens with zero attached hydrogens (tertiary/aromatic N) is 1. The van der Waals surface area contributed by atoms with Crippen LogP contribution in [0.5, 0.6) is 0 Å². The molecule has 0 aliphatic carbocycles. The maximum atomic E-state index is 12.1. The molecule has 1 saturated heterocycles. The van der Waals surface area contributed by atoms with E-state index in [0.29, 0.717) is 6.61 Å². The van der Waals surface area contributed by atoms with Gasteiger partial charge >= 0.3 is 0 Å². The first kappa shape index (κ1) is 14.0. The lowest BCUT2D eigenvalue weighted by Crippen LogP contribution is -2.51. The van der Waals surface area contributed by atoms with Crippen molar-refractivity contribution < 1.29 is 14.6 Å². The van der Waals surface area contributed by atoms with E-state index in [0.717, 1.165) is 6.08 Å². The first-order valence-corrected chi connectivity index (χ1v) is 5.88. The molecular formula is C13H22NO3. The topological polar surface area (TPSA) is 49.4 Å². The number of carbonyl (C=O) groups excluding carboxylic acids is 1. The van der Waals surface area contributed by atoms with Crippen LogP contribution in [0.4, 0.5) is 0 Å². The van der Waals surface area contributed by atoms with E-state index in [9.17, 15) is 9.90 Å². The molecule has 0 aromatic heterocycles. The highest BCUT2D eigenvalue weighted by Gasteiger charge is 2.47. The van der Waals surface area contributed by atoms with Gasteiger partial charge in [0, 0.05) is 6.08 Å². The largest absolute Gasteiger partial charge is 0.354 e. The fourth-order valence-electron chi connectivity index (χ4n) is 2.10. The summed E-state index contributed by atoms with van der Waals surface area (Å²) < 4.78 is 5.67. The van der Waals surface area contributed by atoms with E-state index in [1.807, 2.05) is 13.8 Å². The van der Waals surface area contributed by atoms with Gasteiger partial charge in [-0.1, -0.05) is 20.8 Å². The van der Waals surface area contributed by atoms with Crippen molar-refractivity contribution >= 4 is 5.91 Å². The van der Waals surface area contributed by atoms with Crippen LogP contribution in [0.2, 0.25) is 0 Å². The Morgan fingerprint density at radius 1 is 1.41 bits per heavy atom. The van der Waals surface area contributed by atoms with Crippen molar-refractivity contribution in [3.05, 3.63) is 11.8 Å². The van der Waals surface area contributed by atoms with E-state index in [4.69, 9.17) is 4.74 Å². The van der Waals surface area contributed by atoms with Crippen LogP contribution in [-0.2, 0) is 14.6 Å². The fraction of sp³-hybridized carbons (Fsp3) is 0.769. The summed E-state index contributed by atoms with van der Waals surface area (Å²) in [5, 5.41) is 11.0. The Morgan fingerprint density at radius 2 is 1.94 bits per heavy atom. The fourth-order valence-corrected chi connectivity index (χ4v) is 2.10. The average molecular weight is 240 g/mol. The van der Waals surface area contributed by atoms with E-state index in [1.165, 1.54) is 6.92 Å². The SMILES string of the molecule is CC([O])=CC(=O)N1[C@@H](C(C)(C)C)COC1(C)C. The molecule has 0 unspecified atom stereocenters. The van der Waals surface area contributed by atoms with E-state index in [1.54, 1.807) is 4.90 Å². The summed E-state index contributed by atoms with van der Waals surface area (Å²) >= 11 is 0. The number of hydrogen-bond donors (Lipinski definition) is 0. The molecule has 4 heteroatoms. The lowest BCUT2D eigenvalue weighted by Gasteiger charge is -2.38. The number of rotatable bonds is 1. The van der Waals surface area contributed by atoms with Gasteiger partial charge < -0.3 is 9.64 Å². The van der Waals surface area contributed by atoms with Crippen molar-refractivity contribution in [2.45, 2.75) is 53.3 Å². The number of carbonyl (C=O) groups is 1. The van der Waals surface area contributed by atoms with Gasteiger partial charge in [0.05, 0.1) is 12.6 Å². The molecular weight excluding hydrogens is 218 g/mol. The van der Waals surface area contributed by atoms with E-state index < -0.39 is 5.72 Å². The lowest BCUT2D eigenvalue weighted by molar-refractivity contribution is -0.142. The Hall–Kier alpha value is -1.03. The van der Waals surface area contributed by atoms with Crippen molar-refractivity contribution in [3.8, 4) is 0 Å². The average Bonchev–Trinajstić information content (AvgIpc) is 2.38. The third-order valence-electron chi connectivity index (χ3n) is 3.05. The zero-order chi connectivity index (χ0) is 13.4. The molecule has 0 bridgehead atoms. The van der Waals surface area contributed by atoms with Crippen LogP contribution < -0.4 is 0 Å². The Labute approximate surface area is 103 Å². The minimum atomic E-state index is -0.652. The summed E-state index contributed by atoms with van der Waals surface area (Å²) in [6, 6.07) is -0.0133. The smallest absolute Gasteiger partial charge is 0.252 e. The van der Waals surface area contributed by atoms with E-state index in [-0.39, 0.29) is 23.1 Å². The lowest BCUT2D eigenvalue weighted by atomic mass is 9.86. The zero-order valence-electron chi connectivity index (χ0n) is 11.5. The minimum absolute atomic E-state index is 0.0133. The highest BCUT2D eigenvalue weighted by Crippen LogP contribution is 2.36. The second-order valence-corrected chi connectivity index (χ2v) is 6.10. The highest BCUT2D eigenvalue weighted by atomic mass is 16.5. The van der Waals surface area contributed by atoms with Gasteiger partial charge in [-0.25, -0.2) is 0 Å². The number of ether oxygens (including phenoxy) is 1. The predicted molar refractivity (Wildman–Crippen MR) is 64.6 cm³/mol. The molecule has 97 valence electrons. The normalized spacial score (nSPS) is 25.2. The van der Waals surface area contributed by atoms with Gasteiger partial charge in [-0.15, -0.1) is 0 Å². The molecule has 0 N–H and O–H groups in total. The number of hydrogen-bond acceptors (Lipinski definition) is 2. The Morgan fingerprint density at radius 3 is 2.35 bits per heavy atom. The second-order valence-electron chi connectivity index (χ2n) is 6.10. The summed E-state index contributed by atoms with van der Waals surface area (Å²) in [5.74, 6) is -0.495. The molecule has 4 nitrogen and oxygen atoms in total. The van der Waals surface area contributed by atoms with Crippen LogP contribution in [0.1, 0.15) is 41.5 Å². The van der Waals surface area contributed by atoms with Crippen LogP contribution in [0.15, 0.2) is 11.8 Å². The summed E-state index contributed by atoms with van der Waals surface area (Å²) in [5.41, 5.74) is -0.727. The van der Waals surface area contributed by atoms with E-state index in [2.05, 4.69) is 20.8 Å². The van der Waals surface area contributed by atoms with Crippen LogP contribution >= 0.6 is 0 Å². The molecule has 0 aromatic rings. The van der Waals surface area contributed by atoms with Gasteiger partial charge in [0.1, 0.15) is 5.72 Å². The molecule has 0 spiro atoms. The van der Waals surface area contributed by atoms with Crippen LogP contribution in [0.3, 0.4) is 0 Å². The molecule has 1 aliphatic rings. The maximum absolute atomic E-state index is 12.1. The van der Waals surface area contributed by atoms with Gasteiger partial charge in [-0.3, -0.25) is 9.90 Å². The molecule has 1 atom stereocenters. The first-order chi connectivity index (χ1) is 7.55. The molecule has 0 aromatic carbocycles. The van der Waals surface area contributed by atoms with Gasteiger partial charge in [0.25, 0.3) is 5.91 Å². The molecule has 1 fully saturated rings. The molecule has 0 saturated carbocycles. The number of amides is 1. The first-order valence-electron chi connectivity index (χ1n) is 5.88. The van der Waals surface area contributed by atoms with Gasteiger partial charge in [-0.05, 0) is 26.2 Å². The molecule has 17 heavy (non-hydrogen) atoms. The quantitative estimate of drug-likeness (QED) is 0.521. The van der Waals surface area contributed by atoms with Crippen LogP contribution in [-0.4, -0.2) is 29.2 Å². The summed E-state index contributed by atoms with van der Waals surface area (Å²) in [4.78, 5) is 13.8. The Balaban J connectivity index is 3.05. The monoisotopic (exact) mass is 240 g/mol. The highest BCUT2D eigenvalue weighted by molar-refractivity contribution is 5.88. The zero-order valence-corrected chi connectivity index (χ0v) is 11.5. The standard InChI is InChI=1S/C13H22NO3/c1-9(15)7-11(16)14-10(12(2,3)4)8-17-13(14,5)6/h7,10H,8H2,1-6H3/t10-/m1/s1. The van der Waals surface area contributed by atoms with Crippen molar-refractivity contribution in [2.75, 3.05) is 6.61 Å². The molecule has 1 heterocycles. The van der Waals surface area contributed by atoms with Gasteiger partial charge in [0.2, 0.25) is 0 Å². The summed E-state index contributed by atoms with van der Waals surface area (Å²) in [6.45, 7) is 11.8. The van der Waals surface area contributed by atoms with Gasteiger partial charge in [-0.2, -0.15) is 0 Å². The molecule has 1 aliphatic heterocycles. The van der Waals surface area contributed by atoms with Crippen LogP contribution in [0.25, 0.3) is 0 Å². The molecule has 1 radical (unpaired) electrons. The summed E-state index contributed by atoms with van der Waals surface area (Å²) in [6.07, 6.45) is 1.13.